The lowest BCUT2D eigenvalue weighted by Gasteiger charge is -2.03. The summed E-state index contributed by atoms with van der Waals surface area (Å²) in [5.74, 6) is 4.86. The maximum absolute atomic E-state index is 10.6. The fraction of sp³-hybridized carbons (Fsp3) is 0.909. The van der Waals surface area contributed by atoms with Crippen LogP contribution in [0.1, 0.15) is 58.3 Å². The standard InChI is InChI=1S/C11H24N2O2/c1-2-3-4-5-6-7-8-9-10-15-11(14)13-12/h2-10,12H2,1H3,(H,13,14). The lowest BCUT2D eigenvalue weighted by molar-refractivity contribution is 0.144. The number of carbonyl (C=O) groups is 1. The fourth-order valence-corrected chi connectivity index (χ4v) is 1.44. The van der Waals surface area contributed by atoms with E-state index in [4.69, 9.17) is 10.6 Å². The Morgan fingerprint density at radius 1 is 1.07 bits per heavy atom. The van der Waals surface area contributed by atoms with Gasteiger partial charge in [-0.1, -0.05) is 51.9 Å². The van der Waals surface area contributed by atoms with Gasteiger partial charge in [-0.15, -0.1) is 0 Å². The zero-order chi connectivity index (χ0) is 11.4. The van der Waals surface area contributed by atoms with Crippen molar-refractivity contribution in [1.82, 2.24) is 5.43 Å². The van der Waals surface area contributed by atoms with Gasteiger partial charge in [-0.05, 0) is 6.42 Å². The first-order valence-corrected chi connectivity index (χ1v) is 5.94. The summed E-state index contributed by atoms with van der Waals surface area (Å²) in [5.41, 5.74) is 1.93. The van der Waals surface area contributed by atoms with E-state index >= 15 is 0 Å². The van der Waals surface area contributed by atoms with Gasteiger partial charge < -0.3 is 4.74 Å². The van der Waals surface area contributed by atoms with Crippen LogP contribution >= 0.6 is 0 Å². The Kier molecular flexibility index (Phi) is 10.7. The van der Waals surface area contributed by atoms with E-state index in [0.717, 1.165) is 12.8 Å². The van der Waals surface area contributed by atoms with E-state index in [-0.39, 0.29) is 0 Å². The van der Waals surface area contributed by atoms with Crippen LogP contribution in [0.2, 0.25) is 0 Å². The highest BCUT2D eigenvalue weighted by Crippen LogP contribution is 2.08. The second-order valence-corrected chi connectivity index (χ2v) is 3.76. The maximum atomic E-state index is 10.6. The zero-order valence-electron chi connectivity index (χ0n) is 9.76. The second-order valence-electron chi connectivity index (χ2n) is 3.76. The smallest absolute Gasteiger partial charge is 0.421 e. The average molecular weight is 216 g/mol. The zero-order valence-corrected chi connectivity index (χ0v) is 9.76. The van der Waals surface area contributed by atoms with Gasteiger partial charge >= 0.3 is 6.09 Å². The average Bonchev–Trinajstić information content (AvgIpc) is 2.26. The monoisotopic (exact) mass is 216 g/mol. The Hall–Kier alpha value is -0.770. The Labute approximate surface area is 92.5 Å². The molecule has 0 bridgehead atoms. The van der Waals surface area contributed by atoms with Gasteiger partial charge in [-0.3, -0.25) is 5.43 Å². The SMILES string of the molecule is CCCCCCCCCCOC(=O)NN. The molecule has 0 heterocycles. The first kappa shape index (κ1) is 14.2. The number of hydrogen-bond donors (Lipinski definition) is 2. The molecule has 0 atom stereocenters. The van der Waals surface area contributed by atoms with Gasteiger partial charge in [0.25, 0.3) is 0 Å². The molecule has 0 unspecified atom stereocenters. The number of amides is 1. The molecule has 15 heavy (non-hydrogen) atoms. The van der Waals surface area contributed by atoms with Crippen molar-refractivity contribution in [2.75, 3.05) is 6.61 Å². The molecule has 0 aliphatic heterocycles. The molecule has 0 saturated carbocycles. The number of rotatable bonds is 9. The van der Waals surface area contributed by atoms with Crippen molar-refractivity contribution < 1.29 is 9.53 Å². The number of hydrogen-bond acceptors (Lipinski definition) is 3. The van der Waals surface area contributed by atoms with Crippen molar-refractivity contribution in [3.63, 3.8) is 0 Å². The molecule has 0 aromatic heterocycles. The van der Waals surface area contributed by atoms with E-state index in [0.29, 0.717) is 6.61 Å². The second kappa shape index (κ2) is 11.3. The van der Waals surface area contributed by atoms with Crippen LogP contribution in [0.15, 0.2) is 0 Å². The summed E-state index contributed by atoms with van der Waals surface area (Å²) in [5, 5.41) is 0. The van der Waals surface area contributed by atoms with Gasteiger partial charge in [0.05, 0.1) is 6.61 Å². The molecule has 0 aromatic carbocycles. The Balaban J connectivity index is 2.95. The third-order valence-electron chi connectivity index (χ3n) is 2.35. The number of nitrogens with two attached hydrogens (primary N) is 1. The Morgan fingerprint density at radius 2 is 1.60 bits per heavy atom. The van der Waals surface area contributed by atoms with Crippen LogP contribution in [0, 0.1) is 0 Å². The molecule has 90 valence electrons. The van der Waals surface area contributed by atoms with Crippen LogP contribution in [0.4, 0.5) is 4.79 Å². The molecule has 0 fully saturated rings. The van der Waals surface area contributed by atoms with Gasteiger partial charge in [0.1, 0.15) is 0 Å². The van der Waals surface area contributed by atoms with Crippen molar-refractivity contribution in [2.24, 2.45) is 5.84 Å². The molecule has 0 rings (SSSR count). The summed E-state index contributed by atoms with van der Waals surface area (Å²) < 4.78 is 4.76. The van der Waals surface area contributed by atoms with Gasteiger partial charge in [0.2, 0.25) is 0 Å². The van der Waals surface area contributed by atoms with Crippen molar-refractivity contribution in [3.8, 4) is 0 Å². The molecule has 0 saturated heterocycles. The van der Waals surface area contributed by atoms with Crippen molar-refractivity contribution in [2.45, 2.75) is 58.3 Å². The number of hydrazine groups is 1. The van der Waals surface area contributed by atoms with E-state index in [1.54, 1.807) is 0 Å². The van der Waals surface area contributed by atoms with E-state index < -0.39 is 6.09 Å². The molecule has 4 heteroatoms. The van der Waals surface area contributed by atoms with Crippen LogP contribution < -0.4 is 11.3 Å². The number of carbonyl (C=O) groups excluding carboxylic acids is 1. The summed E-state index contributed by atoms with van der Waals surface area (Å²) in [6, 6.07) is 0. The van der Waals surface area contributed by atoms with E-state index in [9.17, 15) is 4.79 Å². The lowest BCUT2D eigenvalue weighted by atomic mass is 10.1. The summed E-state index contributed by atoms with van der Waals surface area (Å²) in [7, 11) is 0. The number of ether oxygens (including phenoxy) is 1. The minimum Gasteiger partial charge on any atom is -0.449 e. The molecule has 1 amide bonds. The van der Waals surface area contributed by atoms with Crippen LogP contribution in [0.5, 0.6) is 0 Å². The van der Waals surface area contributed by atoms with Crippen molar-refractivity contribution in [3.05, 3.63) is 0 Å². The molecule has 0 aliphatic rings. The quantitative estimate of drug-likeness (QED) is 0.269. The summed E-state index contributed by atoms with van der Waals surface area (Å²) in [6.07, 6.45) is 9.37. The van der Waals surface area contributed by atoms with Gasteiger partial charge in [0.15, 0.2) is 0 Å². The highest BCUT2D eigenvalue weighted by atomic mass is 16.5. The topological polar surface area (TPSA) is 64.3 Å². The molecule has 0 aliphatic carbocycles. The Morgan fingerprint density at radius 3 is 2.13 bits per heavy atom. The van der Waals surface area contributed by atoms with Crippen molar-refractivity contribution in [1.29, 1.82) is 0 Å². The van der Waals surface area contributed by atoms with E-state index in [1.165, 1.54) is 38.5 Å². The summed E-state index contributed by atoms with van der Waals surface area (Å²) in [6.45, 7) is 2.69. The van der Waals surface area contributed by atoms with E-state index in [2.05, 4.69) is 6.92 Å². The summed E-state index contributed by atoms with van der Waals surface area (Å²) >= 11 is 0. The lowest BCUT2D eigenvalue weighted by Crippen LogP contribution is -2.30. The Bertz CT molecular complexity index is 152. The number of unbranched alkanes of at least 4 members (excludes halogenated alkanes) is 7. The third kappa shape index (κ3) is 11.2. The van der Waals surface area contributed by atoms with Crippen LogP contribution in [0.3, 0.4) is 0 Å². The predicted molar refractivity (Wildman–Crippen MR) is 61.3 cm³/mol. The normalized spacial score (nSPS) is 10.0. The molecule has 0 spiro atoms. The molecule has 0 aromatic rings. The van der Waals surface area contributed by atoms with Gasteiger partial charge in [-0.2, -0.15) is 0 Å². The molecule has 3 N–H and O–H groups in total. The minimum absolute atomic E-state index is 0.470. The highest BCUT2D eigenvalue weighted by molar-refractivity contribution is 5.66. The van der Waals surface area contributed by atoms with Crippen LogP contribution in [-0.2, 0) is 4.74 Å². The summed E-state index contributed by atoms with van der Waals surface area (Å²) in [4.78, 5) is 10.6. The molecule has 0 radical (unpaired) electrons. The van der Waals surface area contributed by atoms with Gasteiger partial charge in [0, 0.05) is 0 Å². The predicted octanol–water partition coefficient (Wildman–Crippen LogP) is 2.73. The third-order valence-corrected chi connectivity index (χ3v) is 2.35. The number of nitrogens with one attached hydrogen (secondary N) is 1. The fourth-order valence-electron chi connectivity index (χ4n) is 1.44. The minimum atomic E-state index is -0.544. The largest absolute Gasteiger partial charge is 0.449 e. The maximum Gasteiger partial charge on any atom is 0.421 e. The van der Waals surface area contributed by atoms with E-state index in [1.807, 2.05) is 5.43 Å². The highest BCUT2D eigenvalue weighted by Gasteiger charge is 1.96. The molecular weight excluding hydrogens is 192 g/mol. The molecule has 4 nitrogen and oxygen atoms in total. The van der Waals surface area contributed by atoms with Crippen molar-refractivity contribution >= 4 is 6.09 Å². The van der Waals surface area contributed by atoms with Gasteiger partial charge in [-0.25, -0.2) is 10.6 Å². The first-order chi connectivity index (χ1) is 7.31. The van der Waals surface area contributed by atoms with Crippen LogP contribution in [0.25, 0.3) is 0 Å². The first-order valence-electron chi connectivity index (χ1n) is 5.94. The molecular formula is C11H24N2O2. The van der Waals surface area contributed by atoms with Crippen LogP contribution in [-0.4, -0.2) is 12.7 Å².